The van der Waals surface area contributed by atoms with Gasteiger partial charge in [0.05, 0.1) is 22.5 Å². The zero-order valence-electron chi connectivity index (χ0n) is 10.6. The van der Waals surface area contributed by atoms with Gasteiger partial charge in [-0.25, -0.2) is 0 Å². The number of hydrogen-bond acceptors (Lipinski definition) is 2. The molecule has 0 radical (unpaired) electrons. The molecule has 1 aliphatic rings. The summed E-state index contributed by atoms with van der Waals surface area (Å²) in [7, 11) is 0. The summed E-state index contributed by atoms with van der Waals surface area (Å²) in [4.78, 5) is 0. The van der Waals surface area contributed by atoms with Gasteiger partial charge in [-0.1, -0.05) is 25.7 Å². The number of aliphatic hydroxyl groups excluding tert-OH is 1. The fraction of sp³-hybridized carbons (Fsp3) is 0.769. The molecule has 3 nitrogen and oxygen atoms in total. The van der Waals surface area contributed by atoms with Crippen LogP contribution in [0.2, 0.25) is 0 Å². The van der Waals surface area contributed by atoms with Crippen molar-refractivity contribution >= 4 is 15.9 Å². The van der Waals surface area contributed by atoms with Crippen LogP contribution < -0.4 is 0 Å². The Hall–Kier alpha value is -0.350. The Bertz CT molecular complexity index is 369. The molecule has 17 heavy (non-hydrogen) atoms. The SMILES string of the molecule is CC(C)n1ncc(Br)c1C(O)CC1CCCC1. The van der Waals surface area contributed by atoms with E-state index in [-0.39, 0.29) is 6.04 Å². The van der Waals surface area contributed by atoms with Crippen molar-refractivity contribution in [2.24, 2.45) is 5.92 Å². The van der Waals surface area contributed by atoms with Gasteiger partial charge in [0, 0.05) is 6.04 Å². The van der Waals surface area contributed by atoms with Crippen LogP contribution in [-0.2, 0) is 0 Å². The lowest BCUT2D eigenvalue weighted by Crippen LogP contribution is -2.13. The minimum Gasteiger partial charge on any atom is -0.387 e. The van der Waals surface area contributed by atoms with Crippen LogP contribution in [-0.4, -0.2) is 14.9 Å². The lowest BCUT2D eigenvalue weighted by atomic mass is 9.98. The monoisotopic (exact) mass is 300 g/mol. The first kappa shape index (κ1) is 13.1. The van der Waals surface area contributed by atoms with Crippen molar-refractivity contribution in [1.82, 2.24) is 9.78 Å². The predicted molar refractivity (Wildman–Crippen MR) is 71.8 cm³/mol. The van der Waals surface area contributed by atoms with Crippen LogP contribution >= 0.6 is 15.9 Å². The second kappa shape index (κ2) is 5.53. The summed E-state index contributed by atoms with van der Waals surface area (Å²) in [6, 6.07) is 0.287. The van der Waals surface area contributed by atoms with E-state index in [4.69, 9.17) is 0 Å². The average molecular weight is 301 g/mol. The lowest BCUT2D eigenvalue weighted by molar-refractivity contribution is 0.132. The molecule has 0 saturated heterocycles. The van der Waals surface area contributed by atoms with E-state index < -0.39 is 6.10 Å². The molecule has 0 spiro atoms. The van der Waals surface area contributed by atoms with Gasteiger partial charge < -0.3 is 5.11 Å². The summed E-state index contributed by atoms with van der Waals surface area (Å²) < 4.78 is 2.85. The van der Waals surface area contributed by atoms with E-state index in [1.54, 1.807) is 6.20 Å². The molecule has 0 amide bonds. The molecule has 1 N–H and O–H groups in total. The zero-order valence-corrected chi connectivity index (χ0v) is 12.2. The maximum atomic E-state index is 10.4. The molecule has 1 fully saturated rings. The first-order chi connectivity index (χ1) is 8.09. The molecular formula is C13H21BrN2O. The maximum Gasteiger partial charge on any atom is 0.0970 e. The van der Waals surface area contributed by atoms with Crippen molar-refractivity contribution in [3.05, 3.63) is 16.4 Å². The lowest BCUT2D eigenvalue weighted by Gasteiger charge is -2.19. The van der Waals surface area contributed by atoms with E-state index in [1.165, 1.54) is 25.7 Å². The summed E-state index contributed by atoms with van der Waals surface area (Å²) >= 11 is 3.49. The molecular weight excluding hydrogens is 280 g/mol. The number of halogens is 1. The largest absolute Gasteiger partial charge is 0.387 e. The van der Waals surface area contributed by atoms with Gasteiger partial charge in [-0.15, -0.1) is 0 Å². The van der Waals surface area contributed by atoms with Gasteiger partial charge in [0.2, 0.25) is 0 Å². The number of aliphatic hydroxyl groups is 1. The molecule has 4 heteroatoms. The molecule has 2 rings (SSSR count). The summed E-state index contributed by atoms with van der Waals surface area (Å²) in [6.45, 7) is 4.18. The van der Waals surface area contributed by atoms with Gasteiger partial charge in [0.15, 0.2) is 0 Å². The van der Waals surface area contributed by atoms with Crippen LogP contribution in [0.15, 0.2) is 10.7 Å². The molecule has 1 unspecified atom stereocenters. The Kier molecular flexibility index (Phi) is 4.26. The molecule has 96 valence electrons. The van der Waals surface area contributed by atoms with E-state index in [2.05, 4.69) is 34.9 Å². The molecule has 1 saturated carbocycles. The van der Waals surface area contributed by atoms with Gasteiger partial charge in [-0.2, -0.15) is 5.10 Å². The van der Waals surface area contributed by atoms with E-state index in [9.17, 15) is 5.11 Å². The Morgan fingerprint density at radius 1 is 1.47 bits per heavy atom. The third kappa shape index (κ3) is 2.91. The Labute approximate surface area is 111 Å². The molecule has 1 aromatic rings. The normalized spacial score (nSPS) is 19.1. The topological polar surface area (TPSA) is 38.0 Å². The van der Waals surface area contributed by atoms with Crippen LogP contribution in [0.1, 0.15) is 63.8 Å². The van der Waals surface area contributed by atoms with Crippen LogP contribution in [0, 0.1) is 5.92 Å². The number of rotatable bonds is 4. The quantitative estimate of drug-likeness (QED) is 0.917. The Morgan fingerprint density at radius 2 is 2.12 bits per heavy atom. The van der Waals surface area contributed by atoms with Crippen LogP contribution in [0.3, 0.4) is 0 Å². The molecule has 1 aromatic heterocycles. The highest BCUT2D eigenvalue weighted by Crippen LogP contribution is 2.35. The summed E-state index contributed by atoms with van der Waals surface area (Å²) in [6.07, 6.45) is 7.45. The van der Waals surface area contributed by atoms with Gasteiger partial charge >= 0.3 is 0 Å². The number of aromatic nitrogens is 2. The molecule has 0 aliphatic heterocycles. The fourth-order valence-corrected chi connectivity index (χ4v) is 3.28. The second-order valence-corrected chi connectivity index (χ2v) is 6.17. The molecule has 1 atom stereocenters. The third-order valence-electron chi connectivity index (χ3n) is 3.62. The summed E-state index contributed by atoms with van der Waals surface area (Å²) in [5.41, 5.74) is 0.937. The molecule has 1 heterocycles. The minimum absolute atomic E-state index is 0.287. The maximum absolute atomic E-state index is 10.4. The summed E-state index contributed by atoms with van der Waals surface area (Å²) in [5, 5.41) is 14.7. The Morgan fingerprint density at radius 3 is 2.71 bits per heavy atom. The van der Waals surface area contributed by atoms with Gasteiger partial charge in [0.1, 0.15) is 0 Å². The molecule has 0 aromatic carbocycles. The van der Waals surface area contributed by atoms with E-state index in [1.807, 2.05) is 4.68 Å². The Balaban J connectivity index is 2.11. The first-order valence-corrected chi connectivity index (χ1v) is 7.30. The number of hydrogen-bond donors (Lipinski definition) is 1. The first-order valence-electron chi connectivity index (χ1n) is 6.50. The highest BCUT2D eigenvalue weighted by Gasteiger charge is 2.24. The van der Waals surface area contributed by atoms with Gasteiger partial charge in [-0.05, 0) is 42.1 Å². The number of nitrogens with zero attached hydrogens (tertiary/aromatic N) is 2. The van der Waals surface area contributed by atoms with Gasteiger partial charge in [0.25, 0.3) is 0 Å². The zero-order chi connectivity index (χ0) is 12.4. The second-order valence-electron chi connectivity index (χ2n) is 5.32. The van der Waals surface area contributed by atoms with E-state index in [0.717, 1.165) is 16.6 Å². The van der Waals surface area contributed by atoms with Crippen LogP contribution in [0.5, 0.6) is 0 Å². The third-order valence-corrected chi connectivity index (χ3v) is 4.23. The van der Waals surface area contributed by atoms with Crippen LogP contribution in [0.4, 0.5) is 0 Å². The fourth-order valence-electron chi connectivity index (χ4n) is 2.75. The minimum atomic E-state index is -0.391. The van der Waals surface area contributed by atoms with Crippen molar-refractivity contribution < 1.29 is 5.11 Å². The van der Waals surface area contributed by atoms with Gasteiger partial charge in [-0.3, -0.25) is 4.68 Å². The van der Waals surface area contributed by atoms with E-state index in [0.29, 0.717) is 5.92 Å². The van der Waals surface area contributed by atoms with Crippen molar-refractivity contribution in [2.45, 2.75) is 58.1 Å². The highest BCUT2D eigenvalue weighted by atomic mass is 79.9. The van der Waals surface area contributed by atoms with E-state index >= 15 is 0 Å². The van der Waals surface area contributed by atoms with Crippen molar-refractivity contribution in [1.29, 1.82) is 0 Å². The standard InChI is InChI=1S/C13H21BrN2O/c1-9(2)16-13(11(14)8-15-16)12(17)7-10-5-3-4-6-10/h8-10,12,17H,3-7H2,1-2H3. The molecule has 1 aliphatic carbocycles. The van der Waals surface area contributed by atoms with Crippen molar-refractivity contribution in [3.63, 3.8) is 0 Å². The van der Waals surface area contributed by atoms with Crippen molar-refractivity contribution in [2.75, 3.05) is 0 Å². The summed E-state index contributed by atoms with van der Waals surface area (Å²) in [5.74, 6) is 0.687. The predicted octanol–water partition coefficient (Wildman–Crippen LogP) is 3.84. The smallest absolute Gasteiger partial charge is 0.0970 e. The highest BCUT2D eigenvalue weighted by molar-refractivity contribution is 9.10. The van der Waals surface area contributed by atoms with Crippen LogP contribution in [0.25, 0.3) is 0 Å². The average Bonchev–Trinajstić information content (AvgIpc) is 2.86. The molecule has 0 bridgehead atoms. The van der Waals surface area contributed by atoms with Crippen molar-refractivity contribution in [3.8, 4) is 0 Å².